The van der Waals surface area contributed by atoms with E-state index >= 15 is 0 Å². The van der Waals surface area contributed by atoms with Crippen molar-refractivity contribution in [1.29, 1.82) is 0 Å². The standard InChI is InChI=1S/C35H56N2O4/c1-9-13-23(30-24(20-26(38)29(30)22(4)5)31(39)32(40)37-18-12-19-37)25(10-2)35(11-3)17-14-27-33(6,7)28(36-41)15-16-34(27,8)21-35/h22-25,27-28H,9-21H2,1-8H3. The summed E-state index contributed by atoms with van der Waals surface area (Å²) in [6.07, 6.45) is 10.2. The number of ketones is 2. The molecule has 1 amide bonds. The third-order valence-corrected chi connectivity index (χ3v) is 12.4. The van der Waals surface area contributed by atoms with Gasteiger partial charge in [-0.15, -0.1) is 0 Å². The van der Waals surface area contributed by atoms with Gasteiger partial charge in [0.2, 0.25) is 5.78 Å². The van der Waals surface area contributed by atoms with Crippen molar-refractivity contribution in [3.05, 3.63) is 16.1 Å². The average molecular weight is 569 g/mol. The second-order valence-electron chi connectivity index (χ2n) is 15.2. The maximum atomic E-state index is 13.8. The highest BCUT2D eigenvalue weighted by atomic mass is 16.3. The summed E-state index contributed by atoms with van der Waals surface area (Å²) in [6.45, 7) is 19.3. The van der Waals surface area contributed by atoms with E-state index in [4.69, 9.17) is 0 Å². The monoisotopic (exact) mass is 568 g/mol. The highest BCUT2D eigenvalue weighted by molar-refractivity contribution is 6.38. The molecule has 7 unspecified atom stereocenters. The molecule has 4 aliphatic rings. The number of likely N-dealkylation sites (tertiary alicyclic amines) is 1. The minimum absolute atomic E-state index is 0.0315. The first-order valence-electron chi connectivity index (χ1n) is 16.7. The molecule has 6 heteroatoms. The zero-order chi connectivity index (χ0) is 30.3. The number of allylic oxidation sites excluding steroid dienone is 2. The number of hydrogen-bond acceptors (Lipinski definition) is 5. The molecule has 3 fully saturated rings. The molecule has 3 aliphatic carbocycles. The Labute approximate surface area is 248 Å². The van der Waals surface area contributed by atoms with Crippen LogP contribution in [0.4, 0.5) is 0 Å². The fourth-order valence-electron chi connectivity index (χ4n) is 10.4. The zero-order valence-electron chi connectivity index (χ0n) is 27.2. The van der Waals surface area contributed by atoms with E-state index in [1.54, 1.807) is 4.90 Å². The molecule has 41 heavy (non-hydrogen) atoms. The Morgan fingerprint density at radius 2 is 1.73 bits per heavy atom. The third-order valence-electron chi connectivity index (χ3n) is 12.4. The molecule has 7 atom stereocenters. The van der Waals surface area contributed by atoms with Crippen molar-refractivity contribution in [2.24, 2.45) is 51.0 Å². The summed E-state index contributed by atoms with van der Waals surface area (Å²) in [6, 6.07) is -0.122. The molecule has 1 heterocycles. The number of carbonyl (C=O) groups is 3. The molecule has 230 valence electrons. The van der Waals surface area contributed by atoms with E-state index < -0.39 is 5.92 Å². The van der Waals surface area contributed by atoms with Gasteiger partial charge in [0.05, 0.1) is 12.0 Å². The van der Waals surface area contributed by atoms with Crippen molar-refractivity contribution < 1.29 is 14.4 Å². The fraction of sp³-hybridized carbons (Fsp3) is 0.857. The Balaban J connectivity index is 1.76. The molecule has 0 bridgehead atoms. The smallest absolute Gasteiger partial charge is 0.290 e. The van der Waals surface area contributed by atoms with Crippen LogP contribution in [0.25, 0.3) is 0 Å². The quantitative estimate of drug-likeness (QED) is 0.187. The molecule has 1 saturated heterocycles. The molecule has 0 spiro atoms. The number of rotatable bonds is 11. The number of hydrogen-bond donors (Lipinski definition) is 0. The topological polar surface area (TPSA) is 83.9 Å². The molecule has 4 rings (SSSR count). The number of fused-ring (bicyclic) bond motifs is 1. The second kappa shape index (κ2) is 12.0. The van der Waals surface area contributed by atoms with Crippen LogP contribution < -0.4 is 0 Å². The number of carbonyl (C=O) groups excluding carboxylic acids is 3. The van der Waals surface area contributed by atoms with Crippen LogP contribution in [0.3, 0.4) is 0 Å². The molecular weight excluding hydrogens is 512 g/mol. The summed E-state index contributed by atoms with van der Waals surface area (Å²) >= 11 is 0. The van der Waals surface area contributed by atoms with Crippen LogP contribution in [-0.2, 0) is 14.4 Å². The van der Waals surface area contributed by atoms with E-state index in [0.29, 0.717) is 24.9 Å². The van der Waals surface area contributed by atoms with Gasteiger partial charge in [0.1, 0.15) is 0 Å². The fourth-order valence-corrected chi connectivity index (χ4v) is 10.4. The average Bonchev–Trinajstić information content (AvgIpc) is 3.23. The van der Waals surface area contributed by atoms with Crippen LogP contribution in [-0.4, -0.2) is 41.5 Å². The SMILES string of the molecule is CCCC(C1=C(C(C)C)C(=O)CC1C(=O)C(=O)N1CCC1)C(CC)C1(CC)CCC2C(C)(CCC(N=O)C2(C)C)C1. The van der Waals surface area contributed by atoms with Crippen LogP contribution in [0, 0.1) is 50.7 Å². The Hall–Kier alpha value is -1.85. The highest BCUT2D eigenvalue weighted by Crippen LogP contribution is 2.66. The lowest BCUT2D eigenvalue weighted by Crippen LogP contribution is -2.55. The normalized spacial score (nSPS) is 34.7. The largest absolute Gasteiger partial charge is 0.336 e. The van der Waals surface area contributed by atoms with E-state index in [-0.39, 0.29) is 58.0 Å². The lowest BCUT2D eigenvalue weighted by atomic mass is 9.43. The summed E-state index contributed by atoms with van der Waals surface area (Å²) in [7, 11) is 0. The maximum Gasteiger partial charge on any atom is 0.290 e. The summed E-state index contributed by atoms with van der Waals surface area (Å²) in [5.74, 6) is -0.342. The molecule has 1 aliphatic heterocycles. The Kier molecular flexibility index (Phi) is 9.41. The van der Waals surface area contributed by atoms with E-state index in [1.165, 1.54) is 0 Å². The predicted molar refractivity (Wildman–Crippen MR) is 164 cm³/mol. The lowest BCUT2D eigenvalue weighted by molar-refractivity contribution is -0.148. The molecule has 6 nitrogen and oxygen atoms in total. The Morgan fingerprint density at radius 1 is 1.05 bits per heavy atom. The van der Waals surface area contributed by atoms with Crippen molar-refractivity contribution in [2.75, 3.05) is 13.1 Å². The summed E-state index contributed by atoms with van der Waals surface area (Å²) < 4.78 is 0. The minimum Gasteiger partial charge on any atom is -0.336 e. The summed E-state index contributed by atoms with van der Waals surface area (Å²) in [5.41, 5.74) is 1.96. The van der Waals surface area contributed by atoms with Gasteiger partial charge in [-0.1, -0.05) is 79.8 Å². The molecule has 0 N–H and O–H groups in total. The molecule has 0 radical (unpaired) electrons. The van der Waals surface area contributed by atoms with E-state index in [0.717, 1.165) is 75.4 Å². The molecule has 0 aromatic rings. The van der Waals surface area contributed by atoms with Crippen LogP contribution >= 0.6 is 0 Å². The van der Waals surface area contributed by atoms with Crippen LogP contribution in [0.15, 0.2) is 16.3 Å². The molecule has 0 aromatic carbocycles. The molecule has 2 saturated carbocycles. The summed E-state index contributed by atoms with van der Waals surface area (Å²) in [4.78, 5) is 54.0. The van der Waals surface area contributed by atoms with Crippen molar-refractivity contribution in [3.8, 4) is 0 Å². The second-order valence-corrected chi connectivity index (χ2v) is 15.2. The number of nitrogens with zero attached hydrogens (tertiary/aromatic N) is 2. The number of Topliss-reactive ketones (excluding diaryl/α,β-unsaturated/α-hetero) is 2. The minimum atomic E-state index is -0.604. The van der Waals surface area contributed by atoms with Gasteiger partial charge in [0, 0.05) is 19.5 Å². The van der Waals surface area contributed by atoms with Crippen LogP contribution in [0.5, 0.6) is 0 Å². The third kappa shape index (κ3) is 5.39. The first kappa shape index (κ1) is 32.1. The van der Waals surface area contributed by atoms with Gasteiger partial charge in [-0.3, -0.25) is 14.4 Å². The van der Waals surface area contributed by atoms with E-state index in [1.807, 2.05) is 0 Å². The van der Waals surface area contributed by atoms with Gasteiger partial charge < -0.3 is 4.90 Å². The van der Waals surface area contributed by atoms with Gasteiger partial charge >= 0.3 is 0 Å². The van der Waals surface area contributed by atoms with Gasteiger partial charge in [0.25, 0.3) is 5.91 Å². The first-order chi connectivity index (χ1) is 19.3. The highest BCUT2D eigenvalue weighted by Gasteiger charge is 2.59. The predicted octanol–water partition coefficient (Wildman–Crippen LogP) is 7.93. The van der Waals surface area contributed by atoms with Crippen molar-refractivity contribution in [2.45, 2.75) is 132 Å². The van der Waals surface area contributed by atoms with Crippen molar-refractivity contribution in [1.82, 2.24) is 4.90 Å². The Morgan fingerprint density at radius 3 is 2.24 bits per heavy atom. The first-order valence-corrected chi connectivity index (χ1v) is 16.7. The Bertz CT molecular complexity index is 1070. The lowest BCUT2D eigenvalue weighted by Gasteiger charge is -2.62. The van der Waals surface area contributed by atoms with Gasteiger partial charge in [0.15, 0.2) is 5.78 Å². The van der Waals surface area contributed by atoms with Crippen molar-refractivity contribution in [3.63, 3.8) is 0 Å². The van der Waals surface area contributed by atoms with E-state index in [2.05, 4.69) is 60.6 Å². The van der Waals surface area contributed by atoms with Crippen molar-refractivity contribution >= 4 is 17.5 Å². The number of nitroso groups, excluding NO2 is 1. The van der Waals surface area contributed by atoms with Gasteiger partial charge in [-0.05, 0) is 96.0 Å². The van der Waals surface area contributed by atoms with Gasteiger partial charge in [-0.2, -0.15) is 4.91 Å². The molecule has 0 aromatic heterocycles. The van der Waals surface area contributed by atoms with Gasteiger partial charge in [-0.25, -0.2) is 0 Å². The van der Waals surface area contributed by atoms with Crippen LogP contribution in [0.1, 0.15) is 126 Å². The van der Waals surface area contributed by atoms with Crippen LogP contribution in [0.2, 0.25) is 0 Å². The summed E-state index contributed by atoms with van der Waals surface area (Å²) in [5, 5.41) is 3.58. The molecular formula is C35H56N2O4. The maximum absolute atomic E-state index is 13.8. The zero-order valence-corrected chi connectivity index (χ0v) is 27.2. The number of amides is 1. The van der Waals surface area contributed by atoms with E-state index in [9.17, 15) is 19.3 Å².